The van der Waals surface area contributed by atoms with Gasteiger partial charge in [0.1, 0.15) is 54.0 Å². The lowest BCUT2D eigenvalue weighted by atomic mass is 9.90. The Bertz CT molecular complexity index is 3790. The average molecular weight is 1170 g/mol. The molecule has 0 spiro atoms. The summed E-state index contributed by atoms with van der Waals surface area (Å²) in [7, 11) is 1.51. The van der Waals surface area contributed by atoms with Crippen LogP contribution in [-0.2, 0) is 27.1 Å². The molecule has 2 amide bonds. The molecular formula is C59H58F7N11O7. The van der Waals surface area contributed by atoms with Crippen LogP contribution in [0.4, 0.5) is 36.6 Å². The largest absolute Gasteiger partial charge is 0.486 e. The van der Waals surface area contributed by atoms with Crippen LogP contribution in [0.3, 0.4) is 0 Å². The van der Waals surface area contributed by atoms with E-state index in [-0.39, 0.29) is 94.3 Å². The van der Waals surface area contributed by atoms with Crippen molar-refractivity contribution in [2.75, 3.05) is 44.9 Å². The number of ether oxygens (including phenoxy) is 3. The molecule has 25 heteroatoms. The van der Waals surface area contributed by atoms with Gasteiger partial charge in [0, 0.05) is 72.7 Å². The maximum atomic E-state index is 15.9. The van der Waals surface area contributed by atoms with Gasteiger partial charge >= 0.3 is 12.2 Å². The molecule has 5 aromatic carbocycles. The van der Waals surface area contributed by atoms with Crippen molar-refractivity contribution in [2.24, 2.45) is 5.92 Å². The standard InChI is InChI=1S/C59H58F7N11O7/c1-28(2)53(57(81)76-23-37(79)17-47(76)56(80)69-46(25-78)33-10-12-34(13-11-33)49-41(60)14-15-42(61)51(49)63)77-24-45(73-74-77)32-8-6-31(7-9-32)27-83-54-50(48-30(4)43(62)19-44-39(48)21-68-72-44)40(59(64,65)66)18-38-52(54)70-58(84-26-29(3)82-5)71-55(38)75-22-35-16-36(75)20-67-35/h6-15,18-19,21,24,28-29,35-37,46-47,53,67,78-79H,16-17,20,22-23,25-27H2,1-5H3,(H,68,72)(H,69,80)/t29-,35-,36-,37+,46-,47-,53-/m0/s1. The quantitative estimate of drug-likeness (QED) is 0.0402. The van der Waals surface area contributed by atoms with Gasteiger partial charge in [0.15, 0.2) is 17.4 Å². The second-order valence-corrected chi connectivity index (χ2v) is 21.8. The number of amides is 2. The molecule has 18 nitrogen and oxygen atoms in total. The maximum Gasteiger partial charge on any atom is 0.417 e. The molecule has 7 atom stereocenters. The van der Waals surface area contributed by atoms with Gasteiger partial charge in [-0.2, -0.15) is 28.2 Å². The highest BCUT2D eigenvalue weighted by molar-refractivity contribution is 6.06. The number of benzene rings is 5. The number of hydrogen-bond donors (Lipinski definition) is 5. The molecule has 0 aliphatic carbocycles. The van der Waals surface area contributed by atoms with Crippen molar-refractivity contribution in [3.05, 3.63) is 131 Å². The predicted molar refractivity (Wildman–Crippen MR) is 293 cm³/mol. The number of alkyl halides is 3. The van der Waals surface area contributed by atoms with E-state index in [1.165, 1.54) is 60.1 Å². The monoisotopic (exact) mass is 1170 g/mol. The van der Waals surface area contributed by atoms with Gasteiger partial charge in [-0.15, -0.1) is 5.10 Å². The van der Waals surface area contributed by atoms with E-state index in [0.29, 0.717) is 41.5 Å². The average Bonchev–Trinajstić information content (AvgIpc) is 1.32. The summed E-state index contributed by atoms with van der Waals surface area (Å²) in [4.78, 5) is 41.2. The maximum absolute atomic E-state index is 15.9. The summed E-state index contributed by atoms with van der Waals surface area (Å²) in [6.45, 7) is 6.66. The van der Waals surface area contributed by atoms with E-state index in [1.807, 2.05) is 4.90 Å². The van der Waals surface area contributed by atoms with Gasteiger partial charge in [-0.05, 0) is 72.7 Å². The van der Waals surface area contributed by atoms with Crippen LogP contribution < -0.4 is 25.0 Å². The molecule has 3 aromatic heterocycles. The van der Waals surface area contributed by atoms with Gasteiger partial charge in [-0.1, -0.05) is 67.6 Å². The second-order valence-electron chi connectivity index (χ2n) is 21.8. The molecule has 0 radical (unpaired) electrons. The number of carbonyl (C=O) groups is 2. The zero-order valence-electron chi connectivity index (χ0n) is 46.0. The molecular weight excluding hydrogens is 1110 g/mol. The molecule has 440 valence electrons. The number of aliphatic hydroxyl groups is 2. The van der Waals surface area contributed by atoms with Crippen LogP contribution in [0.25, 0.3) is 55.3 Å². The number of carbonyl (C=O) groups excluding carboxylic acids is 2. The number of nitrogens with one attached hydrogen (secondary N) is 3. The van der Waals surface area contributed by atoms with Crippen LogP contribution in [0.1, 0.15) is 68.0 Å². The number of β-amino-alcohol motifs (C(OH)–C–C–N with tert-alkyl or cyclic N) is 1. The summed E-state index contributed by atoms with van der Waals surface area (Å²) in [5.74, 6) is -6.12. The third kappa shape index (κ3) is 11.0. The molecule has 6 heterocycles. The molecule has 3 fully saturated rings. The lowest BCUT2D eigenvalue weighted by Crippen LogP contribution is -2.50. The normalized spacial score (nSPS) is 19.0. The number of rotatable bonds is 18. The van der Waals surface area contributed by atoms with E-state index in [4.69, 9.17) is 24.2 Å². The number of halogens is 7. The number of aromatic amines is 1. The first-order chi connectivity index (χ1) is 40.2. The van der Waals surface area contributed by atoms with Crippen LogP contribution in [0, 0.1) is 36.1 Å². The predicted octanol–water partition coefficient (Wildman–Crippen LogP) is 8.53. The van der Waals surface area contributed by atoms with Crippen LogP contribution in [0.5, 0.6) is 11.8 Å². The lowest BCUT2D eigenvalue weighted by molar-refractivity contribution is -0.142. The molecule has 11 rings (SSSR count). The van der Waals surface area contributed by atoms with E-state index in [0.717, 1.165) is 18.6 Å². The van der Waals surface area contributed by atoms with Crippen LogP contribution in [-0.4, -0.2) is 132 Å². The summed E-state index contributed by atoms with van der Waals surface area (Å²) in [5.41, 5.74) is -0.457. The number of aromatic nitrogens is 7. The molecule has 5 N–H and O–H groups in total. The number of hydrogen-bond acceptors (Lipinski definition) is 14. The number of nitrogens with zero attached hydrogens (tertiary/aromatic N) is 8. The lowest BCUT2D eigenvalue weighted by Gasteiger charge is -2.30. The van der Waals surface area contributed by atoms with Crippen molar-refractivity contribution in [2.45, 2.75) is 95.7 Å². The van der Waals surface area contributed by atoms with Crippen molar-refractivity contribution in [3.63, 3.8) is 0 Å². The summed E-state index contributed by atoms with van der Waals surface area (Å²) in [5, 5.41) is 43.0. The topological polar surface area (TPSA) is 218 Å². The fraction of sp³-hybridized carbons (Fsp3) is 0.373. The first-order valence-electron chi connectivity index (χ1n) is 27.2. The minimum absolute atomic E-state index is 0.00356. The summed E-state index contributed by atoms with van der Waals surface area (Å²) >= 11 is 0. The molecule has 0 saturated carbocycles. The van der Waals surface area contributed by atoms with E-state index in [2.05, 4.69) is 31.1 Å². The minimum atomic E-state index is -5.00. The molecule has 3 saturated heterocycles. The van der Waals surface area contributed by atoms with Crippen molar-refractivity contribution >= 4 is 39.4 Å². The smallest absolute Gasteiger partial charge is 0.417 e. The summed E-state index contributed by atoms with van der Waals surface area (Å²) < 4.78 is 126. The fourth-order valence-electron chi connectivity index (χ4n) is 11.5. The molecule has 84 heavy (non-hydrogen) atoms. The highest BCUT2D eigenvalue weighted by Crippen LogP contribution is 2.51. The van der Waals surface area contributed by atoms with E-state index < -0.39 is 101 Å². The number of piperazine rings is 1. The number of fused-ring (bicyclic) bond motifs is 4. The zero-order chi connectivity index (χ0) is 59.5. The Morgan fingerprint density at radius 3 is 2.29 bits per heavy atom. The van der Waals surface area contributed by atoms with E-state index >= 15 is 17.6 Å². The Morgan fingerprint density at radius 1 is 0.869 bits per heavy atom. The van der Waals surface area contributed by atoms with Gasteiger partial charge in [0.2, 0.25) is 11.8 Å². The first kappa shape index (κ1) is 57.6. The highest BCUT2D eigenvalue weighted by atomic mass is 19.4. The molecule has 3 aliphatic rings. The van der Waals surface area contributed by atoms with Crippen molar-refractivity contribution in [3.8, 4) is 45.3 Å². The number of H-pyrrole nitrogens is 1. The van der Waals surface area contributed by atoms with Crippen molar-refractivity contribution in [1.82, 2.24) is 50.7 Å². The Labute approximate surface area is 475 Å². The Hall–Kier alpha value is -8.26. The fourth-order valence-corrected chi connectivity index (χ4v) is 11.5. The van der Waals surface area contributed by atoms with Gasteiger partial charge in [-0.3, -0.25) is 14.7 Å². The van der Waals surface area contributed by atoms with E-state index in [1.54, 1.807) is 51.2 Å². The van der Waals surface area contributed by atoms with Crippen LogP contribution in [0.15, 0.2) is 85.2 Å². The molecule has 0 unspecified atom stereocenters. The van der Waals surface area contributed by atoms with Crippen molar-refractivity contribution in [1.29, 1.82) is 0 Å². The van der Waals surface area contributed by atoms with Gasteiger partial charge in [0.05, 0.1) is 53.9 Å². The Balaban J connectivity index is 0.872. The molecule has 3 aliphatic heterocycles. The first-order valence-corrected chi connectivity index (χ1v) is 27.2. The van der Waals surface area contributed by atoms with E-state index in [9.17, 15) is 33.0 Å². The minimum Gasteiger partial charge on any atom is -0.486 e. The third-order valence-corrected chi connectivity index (χ3v) is 15.9. The number of anilines is 1. The SMILES string of the molecule is CO[C@@H](C)COc1nc(N2C[C@@H]3C[C@H]2CN3)c2cc(C(F)(F)F)c(-c3c(C)c(F)cc4[nH]ncc34)c(OCc3ccc(-c4cn([C@H](C(=O)N5C[C@H](O)C[C@H]5C(=O)N[C@@H](CO)c5ccc(-c6c(F)ccc(F)c6F)cc5)C(C)C)nn4)cc3)c2n1. The van der Waals surface area contributed by atoms with Gasteiger partial charge < -0.3 is 44.9 Å². The van der Waals surface area contributed by atoms with Gasteiger partial charge in [-0.25, -0.2) is 22.2 Å². The summed E-state index contributed by atoms with van der Waals surface area (Å²) in [6, 6.07) is 12.5. The Kier molecular flexibility index (Phi) is 15.8. The third-order valence-electron chi connectivity index (χ3n) is 15.9. The Morgan fingerprint density at radius 2 is 1.61 bits per heavy atom. The van der Waals surface area contributed by atoms with Crippen LogP contribution >= 0.6 is 0 Å². The molecule has 8 aromatic rings. The number of likely N-dealkylation sites (tertiary alicyclic amines) is 1. The zero-order valence-corrected chi connectivity index (χ0v) is 46.0. The van der Waals surface area contributed by atoms with Gasteiger partial charge in [0.25, 0.3) is 0 Å². The van der Waals surface area contributed by atoms with Crippen LogP contribution in [0.2, 0.25) is 0 Å². The summed E-state index contributed by atoms with van der Waals surface area (Å²) in [6.07, 6.45) is -2.98. The van der Waals surface area contributed by atoms with Crippen molar-refractivity contribution < 1.29 is 64.7 Å². The second kappa shape index (κ2) is 23.1. The number of aliphatic hydroxyl groups excluding tert-OH is 2. The molecule has 2 bridgehead atoms. The highest BCUT2D eigenvalue weighted by Gasteiger charge is 2.45. The number of methoxy groups -OCH3 is 1.